The molecule has 2 atom stereocenters. The summed E-state index contributed by atoms with van der Waals surface area (Å²) in [5, 5.41) is 3.33. The van der Waals surface area contributed by atoms with E-state index >= 15 is 0 Å². The fourth-order valence-corrected chi connectivity index (χ4v) is 5.57. The molecule has 2 fully saturated rings. The molecule has 134 valence electrons. The van der Waals surface area contributed by atoms with Crippen molar-refractivity contribution in [3.05, 3.63) is 12.3 Å². The van der Waals surface area contributed by atoms with Crippen LogP contribution >= 0.6 is 0 Å². The minimum atomic E-state index is -2.98. The number of anilines is 2. The fourth-order valence-electron chi connectivity index (χ4n) is 3.62. The molecule has 3 heterocycles. The van der Waals surface area contributed by atoms with Gasteiger partial charge in [-0.3, -0.25) is 0 Å². The Balaban J connectivity index is 1.83. The predicted molar refractivity (Wildman–Crippen MR) is 96.3 cm³/mol. The lowest BCUT2D eigenvalue weighted by atomic mass is 9.96. The summed E-state index contributed by atoms with van der Waals surface area (Å²) in [7, 11) is -0.987. The molecule has 0 aliphatic carbocycles. The largest absolute Gasteiger partial charge is 0.350 e. The van der Waals surface area contributed by atoms with Gasteiger partial charge in [0.2, 0.25) is 5.95 Å². The van der Waals surface area contributed by atoms with Gasteiger partial charge in [0.25, 0.3) is 0 Å². The van der Waals surface area contributed by atoms with Crippen LogP contribution in [0.15, 0.2) is 12.3 Å². The molecule has 0 spiro atoms. The zero-order chi connectivity index (χ0) is 17.5. The van der Waals surface area contributed by atoms with Crippen molar-refractivity contribution in [3.63, 3.8) is 0 Å². The lowest BCUT2D eigenvalue weighted by molar-refractivity contribution is 0.414. The third-order valence-electron chi connectivity index (χ3n) is 4.46. The Labute approximate surface area is 144 Å². The van der Waals surface area contributed by atoms with E-state index in [1.807, 2.05) is 13.1 Å². The highest BCUT2D eigenvalue weighted by Crippen LogP contribution is 2.26. The quantitative estimate of drug-likeness (QED) is 0.849. The number of fused-ring (bicyclic) bond motifs is 1. The number of sulfone groups is 1. The van der Waals surface area contributed by atoms with E-state index < -0.39 is 9.84 Å². The summed E-state index contributed by atoms with van der Waals surface area (Å²) in [4.78, 5) is 13.3. The van der Waals surface area contributed by atoms with Gasteiger partial charge in [-0.05, 0) is 11.5 Å². The topological polar surface area (TPSA) is 78.4 Å². The minimum absolute atomic E-state index is 0.00512. The molecule has 1 aromatic heterocycles. The average Bonchev–Trinajstić information content (AvgIpc) is 2.79. The molecule has 1 N–H and O–H groups in total. The van der Waals surface area contributed by atoms with Crippen molar-refractivity contribution >= 4 is 21.6 Å². The van der Waals surface area contributed by atoms with Crippen LogP contribution in [0.1, 0.15) is 20.8 Å². The SMILES string of the molecule is CN(CC(C)(C)C)c1nccc(N2CCN[C@H]3CS(=O)(=O)C[C@H]32)n1. The fraction of sp³-hybridized carbons (Fsp3) is 0.750. The van der Waals surface area contributed by atoms with E-state index in [0.717, 1.165) is 25.5 Å². The number of nitrogens with zero attached hydrogens (tertiary/aromatic N) is 4. The number of rotatable bonds is 3. The first-order chi connectivity index (χ1) is 11.1. The van der Waals surface area contributed by atoms with Crippen LogP contribution in [-0.2, 0) is 9.84 Å². The Hall–Kier alpha value is -1.41. The molecule has 8 heteroatoms. The van der Waals surface area contributed by atoms with E-state index in [1.165, 1.54) is 0 Å². The van der Waals surface area contributed by atoms with Gasteiger partial charge in [0.05, 0.1) is 17.5 Å². The van der Waals surface area contributed by atoms with Crippen LogP contribution < -0.4 is 15.1 Å². The summed E-state index contributed by atoms with van der Waals surface area (Å²) >= 11 is 0. The van der Waals surface area contributed by atoms with Crippen LogP contribution in [0.5, 0.6) is 0 Å². The van der Waals surface area contributed by atoms with E-state index in [4.69, 9.17) is 4.98 Å². The van der Waals surface area contributed by atoms with Crippen LogP contribution in [0.2, 0.25) is 0 Å². The third-order valence-corrected chi connectivity index (χ3v) is 6.17. The Morgan fingerprint density at radius 3 is 2.83 bits per heavy atom. The molecule has 0 amide bonds. The minimum Gasteiger partial charge on any atom is -0.350 e. The summed E-state index contributed by atoms with van der Waals surface area (Å²) in [6.07, 6.45) is 1.76. The number of nitrogens with one attached hydrogen (secondary N) is 1. The first-order valence-corrected chi connectivity index (χ1v) is 10.2. The molecule has 2 saturated heterocycles. The van der Waals surface area contributed by atoms with Gasteiger partial charge < -0.3 is 15.1 Å². The molecule has 0 unspecified atom stereocenters. The van der Waals surface area contributed by atoms with Crippen LogP contribution in [0.4, 0.5) is 11.8 Å². The molecule has 7 nitrogen and oxygen atoms in total. The first kappa shape index (κ1) is 17.4. The molecule has 2 aliphatic heterocycles. The lowest BCUT2D eigenvalue weighted by Crippen LogP contribution is -2.57. The molecular formula is C16H27N5O2S. The van der Waals surface area contributed by atoms with E-state index in [0.29, 0.717) is 5.95 Å². The van der Waals surface area contributed by atoms with Crippen molar-refractivity contribution in [1.82, 2.24) is 15.3 Å². The second-order valence-electron chi connectivity index (χ2n) is 8.03. The van der Waals surface area contributed by atoms with Crippen molar-refractivity contribution in [2.75, 3.05) is 48.0 Å². The van der Waals surface area contributed by atoms with E-state index in [9.17, 15) is 8.42 Å². The Kier molecular flexibility index (Phi) is 4.46. The monoisotopic (exact) mass is 353 g/mol. The molecule has 2 aliphatic rings. The summed E-state index contributed by atoms with van der Waals surface area (Å²) in [6, 6.07) is 1.83. The number of hydrogen-bond acceptors (Lipinski definition) is 7. The van der Waals surface area contributed by atoms with Crippen molar-refractivity contribution in [1.29, 1.82) is 0 Å². The van der Waals surface area contributed by atoms with Gasteiger partial charge in [0.15, 0.2) is 9.84 Å². The highest BCUT2D eigenvalue weighted by atomic mass is 32.2. The first-order valence-electron chi connectivity index (χ1n) is 8.39. The van der Waals surface area contributed by atoms with Crippen molar-refractivity contribution in [3.8, 4) is 0 Å². The van der Waals surface area contributed by atoms with Gasteiger partial charge in [-0.1, -0.05) is 20.8 Å². The highest BCUT2D eigenvalue weighted by molar-refractivity contribution is 7.91. The second-order valence-corrected chi connectivity index (χ2v) is 10.2. The second kappa shape index (κ2) is 6.15. The summed E-state index contributed by atoms with van der Waals surface area (Å²) < 4.78 is 24.0. The van der Waals surface area contributed by atoms with E-state index in [2.05, 4.69) is 40.9 Å². The zero-order valence-corrected chi connectivity index (χ0v) is 15.7. The maximum atomic E-state index is 12.0. The van der Waals surface area contributed by atoms with Gasteiger partial charge in [0, 0.05) is 38.9 Å². The van der Waals surface area contributed by atoms with Crippen molar-refractivity contribution in [2.24, 2.45) is 5.41 Å². The van der Waals surface area contributed by atoms with Crippen molar-refractivity contribution in [2.45, 2.75) is 32.9 Å². The molecule has 3 rings (SSSR count). The maximum Gasteiger partial charge on any atom is 0.227 e. The number of aromatic nitrogens is 2. The van der Waals surface area contributed by atoms with Gasteiger partial charge in [-0.25, -0.2) is 13.4 Å². The highest BCUT2D eigenvalue weighted by Gasteiger charge is 2.43. The smallest absolute Gasteiger partial charge is 0.227 e. The van der Waals surface area contributed by atoms with Crippen LogP contribution in [0.25, 0.3) is 0 Å². The van der Waals surface area contributed by atoms with Crippen molar-refractivity contribution < 1.29 is 8.42 Å². The van der Waals surface area contributed by atoms with E-state index in [1.54, 1.807) is 6.20 Å². The Morgan fingerprint density at radius 1 is 1.38 bits per heavy atom. The predicted octanol–water partition coefficient (Wildman–Crippen LogP) is 0.534. The molecule has 1 aromatic rings. The van der Waals surface area contributed by atoms with Crippen LogP contribution in [0.3, 0.4) is 0 Å². The molecular weight excluding hydrogens is 326 g/mol. The molecule has 24 heavy (non-hydrogen) atoms. The molecule has 0 radical (unpaired) electrons. The van der Waals surface area contributed by atoms with Crippen LogP contribution in [0, 0.1) is 5.41 Å². The summed E-state index contributed by atoms with van der Waals surface area (Å²) in [5.41, 5.74) is 0.147. The summed E-state index contributed by atoms with van der Waals surface area (Å²) in [6.45, 7) is 8.91. The lowest BCUT2D eigenvalue weighted by Gasteiger charge is -2.38. The third kappa shape index (κ3) is 3.80. The molecule has 0 aromatic carbocycles. The van der Waals surface area contributed by atoms with Gasteiger partial charge in [0.1, 0.15) is 5.82 Å². The van der Waals surface area contributed by atoms with Gasteiger partial charge in [-0.15, -0.1) is 0 Å². The van der Waals surface area contributed by atoms with Crippen LogP contribution in [-0.4, -0.2) is 68.7 Å². The summed E-state index contributed by atoms with van der Waals surface area (Å²) in [5.74, 6) is 1.91. The molecule has 0 bridgehead atoms. The zero-order valence-electron chi connectivity index (χ0n) is 14.9. The number of piperazine rings is 1. The average molecular weight is 353 g/mol. The van der Waals surface area contributed by atoms with E-state index in [-0.39, 0.29) is 29.0 Å². The standard InChI is InChI=1S/C16H27N5O2S/c1-16(2,3)11-20(4)15-18-6-5-14(19-15)21-8-7-17-12-9-24(22,23)10-13(12)21/h5-6,12-13,17H,7-11H2,1-4H3/t12-,13+/m0/s1. The Bertz CT molecular complexity index is 701. The normalized spacial score (nSPS) is 26.2. The van der Waals surface area contributed by atoms with Gasteiger partial charge >= 0.3 is 0 Å². The number of hydrogen-bond donors (Lipinski definition) is 1. The Morgan fingerprint density at radius 2 is 2.12 bits per heavy atom. The van der Waals surface area contributed by atoms with Gasteiger partial charge in [-0.2, -0.15) is 4.98 Å². The molecule has 0 saturated carbocycles. The maximum absolute atomic E-state index is 12.0.